The highest BCUT2D eigenvalue weighted by Crippen LogP contribution is 2.32. The van der Waals surface area contributed by atoms with Crippen LogP contribution in [0.25, 0.3) is 11.2 Å². The summed E-state index contributed by atoms with van der Waals surface area (Å²) in [7, 11) is 0. The summed E-state index contributed by atoms with van der Waals surface area (Å²) in [5.74, 6) is 0.454. The van der Waals surface area contributed by atoms with Crippen LogP contribution in [-0.2, 0) is 4.74 Å². The Morgan fingerprint density at radius 2 is 2.17 bits per heavy atom. The van der Waals surface area contributed by atoms with Gasteiger partial charge in [-0.05, 0) is 0 Å². The predicted octanol–water partition coefficient (Wildman–Crippen LogP) is -1.38. The fourth-order valence-corrected chi connectivity index (χ4v) is 2.52. The Kier molecular flexibility index (Phi) is 4.13. The smallest absolute Gasteiger partial charge is 0.224 e. The first-order valence-corrected chi connectivity index (χ1v) is 7.04. The molecule has 0 spiro atoms. The third kappa shape index (κ3) is 2.61. The molecule has 0 amide bonds. The number of nitrogen functional groups attached to an aromatic ring is 1. The van der Waals surface area contributed by atoms with Crippen LogP contribution in [0.1, 0.15) is 6.23 Å². The van der Waals surface area contributed by atoms with Crippen LogP contribution in [0.3, 0.4) is 0 Å². The first-order valence-electron chi connectivity index (χ1n) is 7.04. The third-order valence-electron chi connectivity index (χ3n) is 3.64. The number of nitrogens with one attached hydrogen (secondary N) is 1. The van der Waals surface area contributed by atoms with Gasteiger partial charge in [0.1, 0.15) is 18.3 Å². The predicted molar refractivity (Wildman–Crippen MR) is 81.4 cm³/mol. The SMILES string of the molecule is C=CCNc1nc(N)nc2c1ncn2C1O[C@H](CO)[C@@H](O)[C@H]1O. The van der Waals surface area contributed by atoms with Gasteiger partial charge < -0.3 is 31.1 Å². The Labute approximate surface area is 131 Å². The highest BCUT2D eigenvalue weighted by atomic mass is 16.6. The lowest BCUT2D eigenvalue weighted by molar-refractivity contribution is -0.0511. The fraction of sp³-hybridized carbons (Fsp3) is 0.462. The molecule has 2 aromatic heterocycles. The van der Waals surface area contributed by atoms with Gasteiger partial charge in [-0.3, -0.25) is 4.57 Å². The molecule has 124 valence electrons. The van der Waals surface area contributed by atoms with E-state index >= 15 is 0 Å². The van der Waals surface area contributed by atoms with Gasteiger partial charge in [0.15, 0.2) is 23.2 Å². The Hall–Kier alpha value is -2.27. The Morgan fingerprint density at radius 3 is 2.83 bits per heavy atom. The number of imidazole rings is 1. The second-order valence-electron chi connectivity index (χ2n) is 5.15. The van der Waals surface area contributed by atoms with E-state index in [0.717, 1.165) is 0 Å². The van der Waals surface area contributed by atoms with Crippen LogP contribution >= 0.6 is 0 Å². The van der Waals surface area contributed by atoms with Crippen LogP contribution in [0.4, 0.5) is 11.8 Å². The van der Waals surface area contributed by atoms with Gasteiger partial charge in [0.25, 0.3) is 0 Å². The highest BCUT2D eigenvalue weighted by molar-refractivity contribution is 5.84. The number of fused-ring (bicyclic) bond motifs is 1. The standard InChI is InChI=1S/C13H18N6O4/c1-2-3-15-10-7-11(18-13(14)17-10)19(5-16-7)12-9(22)8(21)6(4-20)23-12/h2,5-6,8-9,12,20-22H,1,3-4H2,(H3,14,15,17,18)/t6-,8-,9-,12?/m1/s1. The minimum atomic E-state index is -1.23. The second-order valence-corrected chi connectivity index (χ2v) is 5.15. The second kappa shape index (κ2) is 6.08. The molecule has 0 aliphatic carbocycles. The van der Waals surface area contributed by atoms with Gasteiger partial charge in [0, 0.05) is 6.54 Å². The zero-order valence-electron chi connectivity index (χ0n) is 12.2. The summed E-state index contributed by atoms with van der Waals surface area (Å²) >= 11 is 0. The van der Waals surface area contributed by atoms with E-state index in [1.807, 2.05) is 0 Å². The van der Waals surface area contributed by atoms with Crippen molar-refractivity contribution in [2.45, 2.75) is 24.5 Å². The van der Waals surface area contributed by atoms with Crippen molar-refractivity contribution in [2.75, 3.05) is 24.2 Å². The number of ether oxygens (including phenoxy) is 1. The number of hydrogen-bond acceptors (Lipinski definition) is 9. The molecule has 10 nitrogen and oxygen atoms in total. The van der Waals surface area contributed by atoms with Crippen LogP contribution in [0, 0.1) is 0 Å². The average molecular weight is 322 g/mol. The molecular weight excluding hydrogens is 304 g/mol. The van der Waals surface area contributed by atoms with Crippen molar-refractivity contribution in [3.63, 3.8) is 0 Å². The van der Waals surface area contributed by atoms with Crippen molar-refractivity contribution in [1.29, 1.82) is 0 Å². The summed E-state index contributed by atoms with van der Waals surface area (Å²) in [5, 5.41) is 32.2. The van der Waals surface area contributed by atoms with E-state index in [-0.39, 0.29) is 5.95 Å². The lowest BCUT2D eigenvalue weighted by atomic mass is 10.1. The van der Waals surface area contributed by atoms with E-state index in [9.17, 15) is 15.3 Å². The van der Waals surface area contributed by atoms with E-state index in [4.69, 9.17) is 10.5 Å². The van der Waals surface area contributed by atoms with Gasteiger partial charge in [-0.1, -0.05) is 6.08 Å². The number of aromatic nitrogens is 4. The number of aliphatic hydroxyl groups is 3. The fourth-order valence-electron chi connectivity index (χ4n) is 2.52. The van der Waals surface area contributed by atoms with Crippen LogP contribution in [0.15, 0.2) is 19.0 Å². The Balaban J connectivity index is 2.02. The number of aliphatic hydroxyl groups excluding tert-OH is 3. The maximum atomic E-state index is 10.1. The molecular formula is C13H18N6O4. The van der Waals surface area contributed by atoms with E-state index in [2.05, 4.69) is 26.8 Å². The molecule has 2 aromatic rings. The topological polar surface area (TPSA) is 152 Å². The molecule has 3 heterocycles. The summed E-state index contributed by atoms with van der Waals surface area (Å²) in [6.07, 6.45) is -1.19. The zero-order valence-corrected chi connectivity index (χ0v) is 12.2. The van der Waals surface area contributed by atoms with Gasteiger partial charge in [-0.2, -0.15) is 9.97 Å². The molecule has 1 aliphatic heterocycles. The average Bonchev–Trinajstić information content (AvgIpc) is 3.07. The normalized spacial score (nSPS) is 27.4. The summed E-state index contributed by atoms with van der Waals surface area (Å²) < 4.78 is 6.94. The monoisotopic (exact) mass is 322 g/mol. The van der Waals surface area contributed by atoms with Crippen LogP contribution in [-0.4, -0.2) is 66.3 Å². The molecule has 0 aromatic carbocycles. The van der Waals surface area contributed by atoms with Gasteiger partial charge >= 0.3 is 0 Å². The highest BCUT2D eigenvalue weighted by Gasteiger charge is 2.44. The van der Waals surface area contributed by atoms with Gasteiger partial charge in [0.2, 0.25) is 5.95 Å². The van der Waals surface area contributed by atoms with E-state index in [1.54, 1.807) is 6.08 Å². The molecule has 4 atom stereocenters. The summed E-state index contributed by atoms with van der Waals surface area (Å²) in [6, 6.07) is 0. The van der Waals surface area contributed by atoms with Crippen molar-refractivity contribution >= 4 is 22.9 Å². The molecule has 3 rings (SSSR count). The Morgan fingerprint density at radius 1 is 1.39 bits per heavy atom. The lowest BCUT2D eigenvalue weighted by Crippen LogP contribution is -2.33. The van der Waals surface area contributed by atoms with Crippen LogP contribution < -0.4 is 11.1 Å². The summed E-state index contributed by atoms with van der Waals surface area (Å²) in [6.45, 7) is 3.67. The molecule has 0 bridgehead atoms. The molecule has 6 N–H and O–H groups in total. The summed E-state index contributed by atoms with van der Waals surface area (Å²) in [5.41, 5.74) is 6.51. The van der Waals surface area contributed by atoms with E-state index < -0.39 is 31.1 Å². The first kappa shape index (κ1) is 15.6. The zero-order chi connectivity index (χ0) is 16.6. The minimum Gasteiger partial charge on any atom is -0.394 e. The largest absolute Gasteiger partial charge is 0.394 e. The Bertz CT molecular complexity index is 720. The van der Waals surface area contributed by atoms with Crippen molar-refractivity contribution in [2.24, 2.45) is 0 Å². The molecule has 0 saturated carbocycles. The molecule has 1 unspecified atom stereocenters. The van der Waals surface area contributed by atoms with Crippen molar-refractivity contribution in [1.82, 2.24) is 19.5 Å². The molecule has 0 radical (unpaired) electrons. The number of anilines is 2. The van der Waals surface area contributed by atoms with E-state index in [0.29, 0.717) is 23.5 Å². The quantitative estimate of drug-likeness (QED) is 0.419. The molecule has 10 heteroatoms. The number of rotatable bonds is 5. The molecule has 1 saturated heterocycles. The van der Waals surface area contributed by atoms with E-state index in [1.165, 1.54) is 10.9 Å². The number of nitrogens with two attached hydrogens (primary N) is 1. The maximum absolute atomic E-state index is 10.1. The molecule has 1 aliphatic rings. The van der Waals surface area contributed by atoms with Gasteiger partial charge in [-0.15, -0.1) is 6.58 Å². The van der Waals surface area contributed by atoms with Crippen molar-refractivity contribution in [3.8, 4) is 0 Å². The lowest BCUT2D eigenvalue weighted by Gasteiger charge is -2.16. The van der Waals surface area contributed by atoms with Gasteiger partial charge in [-0.25, -0.2) is 4.98 Å². The van der Waals surface area contributed by atoms with Crippen molar-refractivity contribution in [3.05, 3.63) is 19.0 Å². The molecule has 23 heavy (non-hydrogen) atoms. The van der Waals surface area contributed by atoms with Gasteiger partial charge in [0.05, 0.1) is 12.9 Å². The third-order valence-corrected chi connectivity index (χ3v) is 3.64. The first-order chi connectivity index (χ1) is 11.1. The molecule has 1 fully saturated rings. The van der Waals surface area contributed by atoms with Crippen molar-refractivity contribution < 1.29 is 20.1 Å². The van der Waals surface area contributed by atoms with Crippen LogP contribution in [0.2, 0.25) is 0 Å². The number of nitrogens with zero attached hydrogens (tertiary/aromatic N) is 4. The maximum Gasteiger partial charge on any atom is 0.224 e. The summed E-state index contributed by atoms with van der Waals surface area (Å²) in [4.78, 5) is 12.4. The minimum absolute atomic E-state index is 0.0255. The van der Waals surface area contributed by atoms with Crippen LogP contribution in [0.5, 0.6) is 0 Å². The number of hydrogen-bond donors (Lipinski definition) is 5.